The Morgan fingerprint density at radius 2 is 1.88 bits per heavy atom. The van der Waals surface area contributed by atoms with Crippen molar-refractivity contribution in [1.82, 2.24) is 15.4 Å². The van der Waals surface area contributed by atoms with Crippen LogP contribution in [0.15, 0.2) is 29.3 Å². The van der Waals surface area contributed by atoms with Crippen LogP contribution in [0.2, 0.25) is 0 Å². The molecule has 0 aromatic heterocycles. The van der Waals surface area contributed by atoms with Crippen molar-refractivity contribution in [2.45, 2.75) is 26.2 Å². The molecule has 1 saturated carbocycles. The molecular formula is C18H30N4O3S. The lowest BCUT2D eigenvalue weighted by Crippen LogP contribution is -2.43. The molecule has 8 heteroatoms. The molecule has 3 N–H and O–H groups in total. The fourth-order valence-electron chi connectivity index (χ4n) is 2.51. The van der Waals surface area contributed by atoms with E-state index in [0.717, 1.165) is 18.6 Å². The van der Waals surface area contributed by atoms with E-state index in [1.807, 2.05) is 31.2 Å². The average Bonchev–Trinajstić information content (AvgIpc) is 2.57. The van der Waals surface area contributed by atoms with Crippen molar-refractivity contribution in [2.75, 3.05) is 39.0 Å². The number of guanidine groups is 1. The highest BCUT2D eigenvalue weighted by Gasteiger charge is 2.19. The number of hydrogen-bond donors (Lipinski definition) is 3. The van der Waals surface area contributed by atoms with E-state index in [9.17, 15) is 8.42 Å². The van der Waals surface area contributed by atoms with Crippen molar-refractivity contribution in [3.8, 4) is 5.75 Å². The first-order valence-corrected chi connectivity index (χ1v) is 10.7. The molecule has 1 fully saturated rings. The zero-order valence-corrected chi connectivity index (χ0v) is 16.4. The Kier molecular flexibility index (Phi) is 8.18. The van der Waals surface area contributed by atoms with Crippen molar-refractivity contribution < 1.29 is 13.2 Å². The average molecular weight is 383 g/mol. The molecule has 0 saturated heterocycles. The minimum Gasteiger partial charge on any atom is -0.492 e. The molecule has 0 amide bonds. The monoisotopic (exact) mass is 382 g/mol. The van der Waals surface area contributed by atoms with E-state index in [4.69, 9.17) is 4.74 Å². The Labute approximate surface area is 156 Å². The van der Waals surface area contributed by atoms with Crippen LogP contribution in [0.3, 0.4) is 0 Å². The molecule has 1 aliphatic rings. The number of benzene rings is 1. The van der Waals surface area contributed by atoms with Crippen LogP contribution < -0.4 is 20.1 Å². The minimum atomic E-state index is -3.24. The van der Waals surface area contributed by atoms with Crippen LogP contribution >= 0.6 is 0 Å². The zero-order valence-electron chi connectivity index (χ0n) is 15.6. The number of ether oxygens (including phenoxy) is 1. The van der Waals surface area contributed by atoms with Gasteiger partial charge in [-0.2, -0.15) is 0 Å². The van der Waals surface area contributed by atoms with E-state index in [2.05, 4.69) is 20.3 Å². The number of rotatable bonds is 10. The van der Waals surface area contributed by atoms with Crippen LogP contribution in [0.25, 0.3) is 0 Å². The molecule has 0 unspecified atom stereocenters. The first-order valence-electron chi connectivity index (χ1n) is 9.10. The fraction of sp³-hybridized carbons (Fsp3) is 0.611. The number of hydrogen-bond acceptors (Lipinski definition) is 4. The summed E-state index contributed by atoms with van der Waals surface area (Å²) in [6.45, 7) is 3.96. The summed E-state index contributed by atoms with van der Waals surface area (Å²) in [6.07, 6.45) is 3.47. The molecule has 1 aromatic carbocycles. The molecule has 0 spiro atoms. The molecular weight excluding hydrogens is 352 g/mol. The number of aliphatic imine (C=N–C) groups is 1. The first kappa shape index (κ1) is 20.5. The summed E-state index contributed by atoms with van der Waals surface area (Å²) in [5, 5.41) is 6.12. The fourth-order valence-corrected chi connectivity index (χ4v) is 3.52. The van der Waals surface area contributed by atoms with E-state index < -0.39 is 10.0 Å². The van der Waals surface area contributed by atoms with Crippen molar-refractivity contribution in [3.63, 3.8) is 0 Å². The molecule has 7 nitrogen and oxygen atoms in total. The van der Waals surface area contributed by atoms with Crippen LogP contribution in [0.4, 0.5) is 0 Å². The van der Waals surface area contributed by atoms with Crippen molar-refractivity contribution in [3.05, 3.63) is 29.8 Å². The third kappa shape index (κ3) is 7.61. The van der Waals surface area contributed by atoms with Crippen molar-refractivity contribution in [2.24, 2.45) is 10.9 Å². The third-order valence-electron chi connectivity index (χ3n) is 4.39. The summed E-state index contributed by atoms with van der Waals surface area (Å²) >= 11 is 0. The highest BCUT2D eigenvalue weighted by molar-refractivity contribution is 7.89. The summed E-state index contributed by atoms with van der Waals surface area (Å²) in [5.41, 5.74) is 1.19. The van der Waals surface area contributed by atoms with Gasteiger partial charge in [0, 0.05) is 20.1 Å². The maximum absolute atomic E-state index is 12.0. The van der Waals surface area contributed by atoms with Gasteiger partial charge in [0.05, 0.1) is 12.3 Å². The normalized spacial score (nSPS) is 15.4. The molecule has 26 heavy (non-hydrogen) atoms. The summed E-state index contributed by atoms with van der Waals surface area (Å²) in [7, 11) is -1.59. The zero-order chi connectivity index (χ0) is 18.8. The Balaban J connectivity index is 1.58. The van der Waals surface area contributed by atoms with Crippen LogP contribution in [0.1, 0.15) is 24.8 Å². The Morgan fingerprint density at radius 3 is 2.50 bits per heavy atom. The standard InChI is InChI=1S/C18H30N4O3S/c1-15-6-8-17(9-7-15)25-12-10-20-18(19-2)21-11-13-26(23,24)22-14-16-4-3-5-16/h6-9,16,22H,3-5,10-14H2,1-2H3,(H2,19,20,21). The maximum Gasteiger partial charge on any atom is 0.213 e. The second-order valence-corrected chi connectivity index (χ2v) is 8.48. The number of sulfonamides is 1. The van der Waals surface area contributed by atoms with Gasteiger partial charge in [-0.3, -0.25) is 4.99 Å². The lowest BCUT2D eigenvalue weighted by molar-refractivity contribution is 0.316. The van der Waals surface area contributed by atoms with Crippen molar-refractivity contribution >= 4 is 16.0 Å². The predicted molar refractivity (Wildman–Crippen MR) is 105 cm³/mol. The highest BCUT2D eigenvalue weighted by Crippen LogP contribution is 2.25. The molecule has 1 aliphatic carbocycles. The SMILES string of the molecule is CN=C(NCCOc1ccc(C)cc1)NCCS(=O)(=O)NCC1CCC1. The predicted octanol–water partition coefficient (Wildman–Crippen LogP) is 1.26. The van der Waals surface area contributed by atoms with E-state index >= 15 is 0 Å². The number of nitrogens with one attached hydrogen (secondary N) is 3. The first-order chi connectivity index (χ1) is 12.5. The molecule has 146 valence electrons. The molecule has 2 rings (SSSR count). The molecule has 0 heterocycles. The number of aryl methyl sites for hydroxylation is 1. The van der Waals surface area contributed by atoms with Gasteiger partial charge in [0.25, 0.3) is 0 Å². The Hall–Kier alpha value is -1.80. The summed E-state index contributed by atoms with van der Waals surface area (Å²) in [4.78, 5) is 4.08. The van der Waals surface area contributed by atoms with Crippen molar-refractivity contribution in [1.29, 1.82) is 0 Å². The Morgan fingerprint density at radius 1 is 1.19 bits per heavy atom. The number of nitrogens with zero attached hydrogens (tertiary/aromatic N) is 1. The van der Waals surface area contributed by atoms with Gasteiger partial charge in [-0.15, -0.1) is 0 Å². The second kappa shape index (κ2) is 10.4. The van der Waals surface area contributed by atoms with Gasteiger partial charge in [0.15, 0.2) is 5.96 Å². The van der Waals surface area contributed by atoms with Crippen LogP contribution in [0.5, 0.6) is 5.75 Å². The Bertz CT molecular complexity index is 670. The summed E-state index contributed by atoms with van der Waals surface area (Å²) < 4.78 is 32.2. The van der Waals surface area contributed by atoms with Gasteiger partial charge in [0.1, 0.15) is 12.4 Å². The van der Waals surface area contributed by atoms with E-state index in [0.29, 0.717) is 38.1 Å². The molecule has 1 aromatic rings. The smallest absolute Gasteiger partial charge is 0.213 e. The lowest BCUT2D eigenvalue weighted by Gasteiger charge is -2.25. The summed E-state index contributed by atoms with van der Waals surface area (Å²) in [6, 6.07) is 7.87. The van der Waals surface area contributed by atoms with Crippen LogP contribution in [-0.2, 0) is 10.0 Å². The molecule has 0 bridgehead atoms. The van der Waals surface area contributed by atoms with Gasteiger partial charge in [-0.1, -0.05) is 24.1 Å². The van der Waals surface area contributed by atoms with Crippen LogP contribution in [-0.4, -0.2) is 53.4 Å². The van der Waals surface area contributed by atoms with E-state index in [1.165, 1.54) is 12.0 Å². The quantitative estimate of drug-likeness (QED) is 0.322. The van der Waals surface area contributed by atoms with Crippen LogP contribution in [0, 0.1) is 12.8 Å². The van der Waals surface area contributed by atoms with Gasteiger partial charge in [0.2, 0.25) is 10.0 Å². The third-order valence-corrected chi connectivity index (χ3v) is 5.74. The topological polar surface area (TPSA) is 91.8 Å². The van der Waals surface area contributed by atoms with E-state index in [1.54, 1.807) is 7.05 Å². The second-order valence-electron chi connectivity index (χ2n) is 6.55. The maximum atomic E-state index is 12.0. The molecule has 0 aliphatic heterocycles. The summed E-state index contributed by atoms with van der Waals surface area (Å²) in [5.74, 6) is 1.93. The molecule has 0 atom stereocenters. The van der Waals surface area contributed by atoms with Gasteiger partial charge in [-0.05, 0) is 37.8 Å². The highest BCUT2D eigenvalue weighted by atomic mass is 32.2. The molecule has 0 radical (unpaired) electrons. The van der Waals surface area contributed by atoms with Gasteiger partial charge < -0.3 is 15.4 Å². The lowest BCUT2D eigenvalue weighted by atomic mass is 9.86. The van der Waals surface area contributed by atoms with Gasteiger partial charge in [-0.25, -0.2) is 13.1 Å². The van der Waals surface area contributed by atoms with E-state index in [-0.39, 0.29) is 5.75 Å². The largest absolute Gasteiger partial charge is 0.492 e. The van der Waals surface area contributed by atoms with Gasteiger partial charge >= 0.3 is 0 Å². The minimum absolute atomic E-state index is 0.0281.